The van der Waals surface area contributed by atoms with E-state index in [1.54, 1.807) is 0 Å². The van der Waals surface area contributed by atoms with E-state index in [-0.39, 0.29) is 6.04 Å². The molecule has 1 aromatic heterocycles. The van der Waals surface area contributed by atoms with Gasteiger partial charge in [0.15, 0.2) is 10.6 Å². The number of hydrogen-bond acceptors (Lipinski definition) is 2. The molecule has 0 aliphatic heterocycles. The van der Waals surface area contributed by atoms with Crippen LogP contribution in [0.25, 0.3) is 11.4 Å². The van der Waals surface area contributed by atoms with E-state index in [1.807, 2.05) is 29.7 Å². The molecule has 0 spiro atoms. The number of hydrogen-bond donors (Lipinski definition) is 1. The lowest BCUT2D eigenvalue weighted by Gasteiger charge is -2.11. The largest absolute Gasteiger partial charge is 0.298 e. The summed E-state index contributed by atoms with van der Waals surface area (Å²) in [5, 5.41) is 7.77. The summed E-state index contributed by atoms with van der Waals surface area (Å²) in [6.07, 6.45) is 0. The molecule has 0 amide bonds. The molecule has 0 radical (unpaired) electrons. The van der Waals surface area contributed by atoms with Gasteiger partial charge in [0.1, 0.15) is 0 Å². The number of benzene rings is 1. The van der Waals surface area contributed by atoms with E-state index < -0.39 is 0 Å². The van der Waals surface area contributed by atoms with E-state index in [9.17, 15) is 0 Å². The van der Waals surface area contributed by atoms with Crippen LogP contribution in [0.15, 0.2) is 18.2 Å². The first-order valence-electron chi connectivity index (χ1n) is 5.44. The molecule has 2 rings (SSSR count). The van der Waals surface area contributed by atoms with Crippen LogP contribution < -0.4 is 0 Å². The number of halogens is 1. The summed E-state index contributed by atoms with van der Waals surface area (Å²) < 4.78 is 2.58. The predicted octanol–water partition coefficient (Wildman–Crippen LogP) is 4.15. The second-order valence-corrected chi connectivity index (χ2v) is 5.09. The van der Waals surface area contributed by atoms with Gasteiger partial charge >= 0.3 is 0 Å². The maximum atomic E-state index is 6.25. The molecular weight excluding hydrogens is 254 g/mol. The maximum Gasteiger partial charge on any atom is 0.195 e. The van der Waals surface area contributed by atoms with E-state index in [0.29, 0.717) is 9.79 Å². The Morgan fingerprint density at radius 2 is 2.12 bits per heavy atom. The van der Waals surface area contributed by atoms with Crippen LogP contribution in [0.5, 0.6) is 0 Å². The van der Waals surface area contributed by atoms with Gasteiger partial charge in [0, 0.05) is 11.6 Å². The number of nitrogens with zero attached hydrogens (tertiary/aromatic N) is 2. The van der Waals surface area contributed by atoms with Gasteiger partial charge < -0.3 is 0 Å². The van der Waals surface area contributed by atoms with Gasteiger partial charge in [-0.15, -0.1) is 0 Å². The molecule has 0 saturated heterocycles. The summed E-state index contributed by atoms with van der Waals surface area (Å²) in [7, 11) is 0. The summed E-state index contributed by atoms with van der Waals surface area (Å²) in [4.78, 5) is 0. The van der Waals surface area contributed by atoms with Crippen LogP contribution in [-0.2, 0) is 0 Å². The zero-order chi connectivity index (χ0) is 12.6. The first-order chi connectivity index (χ1) is 8.00. The Labute approximate surface area is 110 Å². The van der Waals surface area contributed by atoms with Gasteiger partial charge in [-0.05, 0) is 50.7 Å². The van der Waals surface area contributed by atoms with Gasteiger partial charge in [-0.2, -0.15) is 5.10 Å². The van der Waals surface area contributed by atoms with Crippen molar-refractivity contribution in [3.05, 3.63) is 33.6 Å². The van der Waals surface area contributed by atoms with E-state index in [0.717, 1.165) is 17.0 Å². The lowest BCUT2D eigenvalue weighted by atomic mass is 10.1. The van der Waals surface area contributed by atoms with E-state index in [2.05, 4.69) is 24.0 Å². The summed E-state index contributed by atoms with van der Waals surface area (Å²) in [5.41, 5.74) is 2.03. The molecule has 1 heterocycles. The van der Waals surface area contributed by atoms with Crippen molar-refractivity contribution >= 4 is 23.8 Å². The minimum absolute atomic E-state index is 0.244. The Balaban J connectivity index is 2.65. The third-order valence-electron chi connectivity index (χ3n) is 2.59. The first kappa shape index (κ1) is 12.3. The number of nitrogens with one attached hydrogen (secondary N) is 1. The van der Waals surface area contributed by atoms with Crippen LogP contribution in [-0.4, -0.2) is 14.8 Å². The van der Waals surface area contributed by atoms with Crippen molar-refractivity contribution in [1.29, 1.82) is 0 Å². The number of aryl methyl sites for hydroxylation is 1. The predicted molar refractivity (Wildman–Crippen MR) is 73.0 cm³/mol. The molecular formula is C12H14ClN3S. The van der Waals surface area contributed by atoms with Gasteiger partial charge in [0.05, 0.1) is 5.02 Å². The fourth-order valence-electron chi connectivity index (χ4n) is 1.78. The summed E-state index contributed by atoms with van der Waals surface area (Å²) in [6.45, 7) is 6.14. The highest BCUT2D eigenvalue weighted by Crippen LogP contribution is 2.28. The van der Waals surface area contributed by atoms with E-state index >= 15 is 0 Å². The topological polar surface area (TPSA) is 33.6 Å². The molecule has 1 N–H and O–H groups in total. The molecule has 90 valence electrons. The zero-order valence-corrected chi connectivity index (χ0v) is 11.6. The average Bonchev–Trinajstić information content (AvgIpc) is 2.60. The Bertz CT molecular complexity index is 598. The molecule has 0 aliphatic carbocycles. The van der Waals surface area contributed by atoms with Gasteiger partial charge in [-0.25, -0.2) is 0 Å². The molecule has 0 aliphatic rings. The Morgan fingerprint density at radius 1 is 1.41 bits per heavy atom. The second-order valence-electron chi connectivity index (χ2n) is 4.30. The highest BCUT2D eigenvalue weighted by molar-refractivity contribution is 7.71. The normalized spacial score (nSPS) is 11.1. The molecule has 0 bridgehead atoms. The maximum absolute atomic E-state index is 6.25. The van der Waals surface area contributed by atoms with E-state index in [4.69, 9.17) is 23.8 Å². The molecule has 17 heavy (non-hydrogen) atoms. The molecule has 5 heteroatoms. The van der Waals surface area contributed by atoms with Crippen molar-refractivity contribution in [3.8, 4) is 11.4 Å². The number of aromatic amines is 1. The van der Waals surface area contributed by atoms with Crippen LogP contribution in [0, 0.1) is 11.7 Å². The Kier molecular flexibility index (Phi) is 3.35. The van der Waals surface area contributed by atoms with Crippen molar-refractivity contribution in [3.63, 3.8) is 0 Å². The van der Waals surface area contributed by atoms with Gasteiger partial charge in [-0.3, -0.25) is 9.67 Å². The lowest BCUT2D eigenvalue weighted by Crippen LogP contribution is -2.03. The number of rotatable bonds is 2. The fraction of sp³-hybridized carbons (Fsp3) is 0.333. The first-order valence-corrected chi connectivity index (χ1v) is 6.22. The lowest BCUT2D eigenvalue weighted by molar-refractivity contribution is 0.597. The second kappa shape index (κ2) is 4.63. The molecule has 0 saturated carbocycles. The van der Waals surface area contributed by atoms with Crippen molar-refractivity contribution < 1.29 is 0 Å². The van der Waals surface area contributed by atoms with Crippen LogP contribution in [0.4, 0.5) is 0 Å². The molecule has 2 aromatic rings. The van der Waals surface area contributed by atoms with Crippen molar-refractivity contribution in [2.45, 2.75) is 26.8 Å². The summed E-state index contributed by atoms with van der Waals surface area (Å²) in [6, 6.07) is 6.17. The number of aromatic nitrogens is 3. The SMILES string of the molecule is Cc1ccc(-c2n[nH]c(=S)n2C(C)C)c(Cl)c1. The zero-order valence-electron chi connectivity index (χ0n) is 9.99. The van der Waals surface area contributed by atoms with Crippen LogP contribution in [0.1, 0.15) is 25.5 Å². The molecule has 1 aromatic carbocycles. The van der Waals surface area contributed by atoms with Gasteiger partial charge in [0.25, 0.3) is 0 Å². The van der Waals surface area contributed by atoms with Crippen LogP contribution in [0.3, 0.4) is 0 Å². The highest BCUT2D eigenvalue weighted by atomic mass is 35.5. The van der Waals surface area contributed by atoms with Crippen LogP contribution in [0.2, 0.25) is 5.02 Å². The average molecular weight is 268 g/mol. The summed E-state index contributed by atoms with van der Waals surface area (Å²) in [5.74, 6) is 0.787. The molecule has 3 nitrogen and oxygen atoms in total. The van der Waals surface area contributed by atoms with Crippen molar-refractivity contribution in [2.24, 2.45) is 0 Å². The van der Waals surface area contributed by atoms with E-state index in [1.165, 1.54) is 0 Å². The minimum atomic E-state index is 0.244. The third kappa shape index (κ3) is 2.28. The molecule has 0 atom stereocenters. The van der Waals surface area contributed by atoms with Crippen molar-refractivity contribution in [2.75, 3.05) is 0 Å². The monoisotopic (exact) mass is 267 g/mol. The minimum Gasteiger partial charge on any atom is -0.298 e. The third-order valence-corrected chi connectivity index (χ3v) is 3.19. The van der Waals surface area contributed by atoms with Crippen LogP contribution >= 0.6 is 23.8 Å². The van der Waals surface area contributed by atoms with Gasteiger partial charge in [-0.1, -0.05) is 17.7 Å². The quantitative estimate of drug-likeness (QED) is 0.830. The number of H-pyrrole nitrogens is 1. The Morgan fingerprint density at radius 3 is 2.71 bits per heavy atom. The van der Waals surface area contributed by atoms with Gasteiger partial charge in [0.2, 0.25) is 0 Å². The van der Waals surface area contributed by atoms with Crippen molar-refractivity contribution in [1.82, 2.24) is 14.8 Å². The Hall–Kier alpha value is -1.13. The molecule has 0 fully saturated rings. The molecule has 0 unspecified atom stereocenters. The summed E-state index contributed by atoms with van der Waals surface area (Å²) >= 11 is 11.5. The smallest absolute Gasteiger partial charge is 0.195 e. The highest BCUT2D eigenvalue weighted by Gasteiger charge is 2.14. The fourth-order valence-corrected chi connectivity index (χ4v) is 2.44. The standard InChI is InChI=1S/C12H14ClN3S/c1-7(2)16-11(14-15-12(16)17)9-5-4-8(3)6-10(9)13/h4-7H,1-3H3,(H,15,17).